The number of carbonyl (C=O) groups is 2. The van der Waals surface area contributed by atoms with E-state index in [0.29, 0.717) is 21.2 Å². The van der Waals surface area contributed by atoms with Crippen LogP contribution in [0, 0.1) is 6.92 Å². The number of aliphatic carboxylic acids is 1. The summed E-state index contributed by atoms with van der Waals surface area (Å²) in [7, 11) is 0. The number of hydrazone groups is 1. The number of benzene rings is 2. The Balaban J connectivity index is 1.77. The molecule has 4 rings (SSSR count). The molecular formula is C24H19ClF2N2O3S. The molecule has 2 heterocycles. The highest BCUT2D eigenvalue weighted by molar-refractivity contribution is 7.12. The summed E-state index contributed by atoms with van der Waals surface area (Å²) in [5.74, 6) is -7.46. The molecule has 5 nitrogen and oxygen atoms in total. The van der Waals surface area contributed by atoms with E-state index in [2.05, 4.69) is 5.10 Å². The third-order valence-corrected chi connectivity index (χ3v) is 6.64. The number of hydrogen-bond donors (Lipinski definition) is 1. The molecule has 0 aliphatic carbocycles. The first-order valence-corrected chi connectivity index (χ1v) is 11.3. The van der Waals surface area contributed by atoms with Crippen molar-refractivity contribution in [3.63, 3.8) is 0 Å². The van der Waals surface area contributed by atoms with Crippen LogP contribution in [0.2, 0.25) is 5.02 Å². The van der Waals surface area contributed by atoms with Crippen LogP contribution >= 0.6 is 22.9 Å². The standard InChI is InChI=1S/C24H19ClF2N2O3S/c1-14-6-11-21(33-14)20-12-19(28-29(20)23(32)24(26,27)13-22(30)31)18-5-3-2-4-17(18)15-7-9-16(25)10-8-15/h2-11,20H,12-13H2,1H3,(H,30,31). The van der Waals surface area contributed by atoms with E-state index in [4.69, 9.17) is 16.7 Å². The van der Waals surface area contributed by atoms with E-state index < -0.39 is 30.3 Å². The molecule has 33 heavy (non-hydrogen) atoms. The van der Waals surface area contributed by atoms with Crippen LogP contribution < -0.4 is 0 Å². The van der Waals surface area contributed by atoms with Crippen molar-refractivity contribution in [2.24, 2.45) is 5.10 Å². The van der Waals surface area contributed by atoms with Gasteiger partial charge in [0.15, 0.2) is 0 Å². The second kappa shape index (κ2) is 9.03. The second-order valence-electron chi connectivity index (χ2n) is 7.69. The van der Waals surface area contributed by atoms with Crippen molar-refractivity contribution in [3.05, 3.63) is 81.0 Å². The summed E-state index contributed by atoms with van der Waals surface area (Å²) in [6.07, 6.45) is -1.37. The Morgan fingerprint density at radius 1 is 1.12 bits per heavy atom. The fourth-order valence-corrected chi connectivity index (χ4v) is 4.85. The molecule has 0 radical (unpaired) electrons. The van der Waals surface area contributed by atoms with Crippen molar-refractivity contribution in [1.82, 2.24) is 5.01 Å². The van der Waals surface area contributed by atoms with Gasteiger partial charge in [-0.1, -0.05) is 48.0 Å². The van der Waals surface area contributed by atoms with Crippen molar-refractivity contribution in [1.29, 1.82) is 0 Å². The topological polar surface area (TPSA) is 70.0 Å². The number of carboxylic acids is 1. The Labute approximate surface area is 197 Å². The second-order valence-corrected chi connectivity index (χ2v) is 9.45. The van der Waals surface area contributed by atoms with Crippen LogP contribution in [0.15, 0.2) is 65.8 Å². The molecule has 0 saturated carbocycles. The van der Waals surface area contributed by atoms with Crippen LogP contribution in [0.1, 0.15) is 34.2 Å². The Kier molecular flexibility index (Phi) is 6.32. The number of aryl methyl sites for hydroxylation is 1. The molecule has 3 aromatic rings. The summed E-state index contributed by atoms with van der Waals surface area (Å²) in [6, 6.07) is 17.5. The van der Waals surface area contributed by atoms with E-state index in [1.807, 2.05) is 49.4 Å². The van der Waals surface area contributed by atoms with Gasteiger partial charge in [0.2, 0.25) is 0 Å². The molecule has 1 aliphatic rings. The predicted molar refractivity (Wildman–Crippen MR) is 124 cm³/mol. The maximum absolute atomic E-state index is 14.5. The summed E-state index contributed by atoms with van der Waals surface area (Å²) >= 11 is 7.40. The predicted octanol–water partition coefficient (Wildman–Crippen LogP) is 6.16. The molecule has 2 aromatic carbocycles. The molecule has 1 amide bonds. The average molecular weight is 489 g/mol. The third kappa shape index (κ3) is 4.82. The molecule has 0 spiro atoms. The fourth-order valence-electron chi connectivity index (χ4n) is 3.76. The molecule has 170 valence electrons. The Hall–Kier alpha value is -3.10. The number of thiophene rings is 1. The molecule has 1 atom stereocenters. The van der Waals surface area contributed by atoms with Gasteiger partial charge in [-0.3, -0.25) is 9.59 Å². The van der Waals surface area contributed by atoms with E-state index in [1.54, 1.807) is 18.2 Å². The quantitative estimate of drug-likeness (QED) is 0.451. The first kappa shape index (κ1) is 23.1. The molecular weight excluding hydrogens is 470 g/mol. The molecule has 0 fully saturated rings. The van der Waals surface area contributed by atoms with Gasteiger partial charge in [0.05, 0.1) is 11.8 Å². The lowest BCUT2D eigenvalue weighted by atomic mass is 9.94. The summed E-state index contributed by atoms with van der Waals surface area (Å²) in [5.41, 5.74) is 2.86. The molecule has 1 unspecified atom stereocenters. The van der Waals surface area contributed by atoms with Gasteiger partial charge in [-0.05, 0) is 42.3 Å². The highest BCUT2D eigenvalue weighted by Gasteiger charge is 2.48. The maximum atomic E-state index is 14.5. The molecule has 0 bridgehead atoms. The number of halogens is 3. The molecule has 0 saturated heterocycles. The molecule has 1 aromatic heterocycles. The maximum Gasteiger partial charge on any atom is 0.337 e. The third-order valence-electron chi connectivity index (χ3n) is 5.29. The van der Waals surface area contributed by atoms with Gasteiger partial charge in [0.1, 0.15) is 6.42 Å². The lowest BCUT2D eigenvalue weighted by molar-refractivity contribution is -0.167. The minimum atomic E-state index is -4.08. The van der Waals surface area contributed by atoms with Crippen LogP contribution in [0.5, 0.6) is 0 Å². The Morgan fingerprint density at radius 3 is 2.39 bits per heavy atom. The highest BCUT2D eigenvalue weighted by atomic mass is 35.5. The zero-order chi connectivity index (χ0) is 23.8. The lowest BCUT2D eigenvalue weighted by Crippen LogP contribution is -2.42. The monoisotopic (exact) mass is 488 g/mol. The SMILES string of the molecule is Cc1ccc(C2CC(c3ccccc3-c3ccc(Cl)cc3)=NN2C(=O)C(F)(F)CC(=O)O)s1. The van der Waals surface area contributed by atoms with E-state index in [-0.39, 0.29) is 6.42 Å². The van der Waals surface area contributed by atoms with Crippen molar-refractivity contribution in [2.45, 2.75) is 31.7 Å². The molecule has 9 heteroatoms. The average Bonchev–Trinajstić information content (AvgIpc) is 3.39. The van der Waals surface area contributed by atoms with Gasteiger partial charge in [-0.15, -0.1) is 11.3 Å². The van der Waals surface area contributed by atoms with Gasteiger partial charge < -0.3 is 5.11 Å². The largest absolute Gasteiger partial charge is 0.481 e. The van der Waals surface area contributed by atoms with Crippen molar-refractivity contribution in [3.8, 4) is 11.1 Å². The number of carboxylic acid groups (broad SMARTS) is 1. The van der Waals surface area contributed by atoms with Crippen molar-refractivity contribution >= 4 is 40.5 Å². The first-order chi connectivity index (χ1) is 15.7. The number of hydrogen-bond acceptors (Lipinski definition) is 4. The van der Waals surface area contributed by atoms with Crippen molar-refractivity contribution in [2.75, 3.05) is 0 Å². The summed E-state index contributed by atoms with van der Waals surface area (Å²) in [6.45, 7) is 1.88. The summed E-state index contributed by atoms with van der Waals surface area (Å²) < 4.78 is 29.0. The Morgan fingerprint density at radius 2 is 1.79 bits per heavy atom. The van der Waals surface area contributed by atoms with Gasteiger partial charge in [0.25, 0.3) is 0 Å². The number of carbonyl (C=O) groups excluding carboxylic acids is 1. The molecule has 1 N–H and O–H groups in total. The van der Waals surface area contributed by atoms with Crippen LogP contribution in [0.3, 0.4) is 0 Å². The zero-order valence-corrected chi connectivity index (χ0v) is 19.0. The van der Waals surface area contributed by atoms with E-state index in [1.165, 1.54) is 11.3 Å². The smallest absolute Gasteiger partial charge is 0.337 e. The summed E-state index contributed by atoms with van der Waals surface area (Å²) in [5, 5.41) is 14.5. The van der Waals surface area contributed by atoms with Crippen LogP contribution in [0.25, 0.3) is 11.1 Å². The van der Waals surface area contributed by atoms with Gasteiger partial charge in [-0.2, -0.15) is 13.9 Å². The van der Waals surface area contributed by atoms with Gasteiger partial charge in [0, 0.05) is 26.8 Å². The van der Waals surface area contributed by atoms with E-state index in [0.717, 1.165) is 21.0 Å². The molecule has 1 aliphatic heterocycles. The van der Waals surface area contributed by atoms with Crippen LogP contribution in [-0.4, -0.2) is 33.6 Å². The minimum absolute atomic E-state index is 0.222. The van der Waals surface area contributed by atoms with Crippen molar-refractivity contribution < 1.29 is 23.5 Å². The number of alkyl halides is 2. The first-order valence-electron chi connectivity index (χ1n) is 10.1. The van der Waals surface area contributed by atoms with Gasteiger partial charge >= 0.3 is 17.8 Å². The van der Waals surface area contributed by atoms with E-state index >= 15 is 0 Å². The minimum Gasteiger partial charge on any atom is -0.481 e. The Bertz CT molecular complexity index is 1240. The number of nitrogens with zero attached hydrogens (tertiary/aromatic N) is 2. The summed E-state index contributed by atoms with van der Waals surface area (Å²) in [4.78, 5) is 25.3. The fraction of sp³-hybridized carbons (Fsp3) is 0.208. The highest BCUT2D eigenvalue weighted by Crippen LogP contribution is 2.40. The van der Waals surface area contributed by atoms with Crippen LogP contribution in [0.4, 0.5) is 8.78 Å². The normalized spacial score (nSPS) is 16.1. The number of amides is 1. The lowest BCUT2D eigenvalue weighted by Gasteiger charge is -2.24. The number of rotatable bonds is 6. The van der Waals surface area contributed by atoms with Crippen LogP contribution in [-0.2, 0) is 9.59 Å². The zero-order valence-electron chi connectivity index (χ0n) is 17.5. The van der Waals surface area contributed by atoms with Gasteiger partial charge in [-0.25, -0.2) is 5.01 Å². The van der Waals surface area contributed by atoms with E-state index in [9.17, 15) is 18.4 Å².